The molecule has 1 aliphatic rings. The summed E-state index contributed by atoms with van der Waals surface area (Å²) in [7, 11) is 0. The van der Waals surface area contributed by atoms with Crippen LogP contribution in [-0.2, 0) is 0 Å². The van der Waals surface area contributed by atoms with Crippen molar-refractivity contribution in [3.63, 3.8) is 0 Å². The molecule has 0 bridgehead atoms. The molecule has 0 spiro atoms. The largest absolute Gasteiger partial charge is 0.362 e. The molecule has 0 aliphatic carbocycles. The fourth-order valence-electron chi connectivity index (χ4n) is 2.91. The first-order valence-corrected chi connectivity index (χ1v) is 8.64. The molecule has 0 radical (unpaired) electrons. The summed E-state index contributed by atoms with van der Waals surface area (Å²) in [6.45, 7) is 3.94. The maximum atomic E-state index is 12.4. The van der Waals surface area contributed by atoms with E-state index in [1.165, 1.54) is 6.07 Å². The minimum atomic E-state index is -0.379. The molecule has 7 nitrogen and oxygen atoms in total. The summed E-state index contributed by atoms with van der Waals surface area (Å²) in [5, 5.41) is 14.6. The number of anilines is 2. The van der Waals surface area contributed by atoms with Gasteiger partial charge < -0.3 is 15.1 Å². The van der Waals surface area contributed by atoms with Crippen LogP contribution in [0.4, 0.5) is 21.9 Å². The van der Waals surface area contributed by atoms with Crippen molar-refractivity contribution in [1.29, 1.82) is 0 Å². The number of benzene rings is 2. The number of amides is 2. The smallest absolute Gasteiger partial charge is 0.321 e. The fraction of sp³-hybridized carbons (Fsp3) is 0.278. The first-order valence-electron chi connectivity index (χ1n) is 8.26. The van der Waals surface area contributed by atoms with Gasteiger partial charge in [-0.1, -0.05) is 29.8 Å². The van der Waals surface area contributed by atoms with E-state index < -0.39 is 0 Å². The van der Waals surface area contributed by atoms with Gasteiger partial charge in [0.25, 0.3) is 5.69 Å². The van der Waals surface area contributed by atoms with Crippen molar-refractivity contribution < 1.29 is 9.72 Å². The molecule has 0 aromatic heterocycles. The molecule has 1 heterocycles. The molecular formula is C18H19ClN4O3. The Hall–Kier alpha value is -2.80. The summed E-state index contributed by atoms with van der Waals surface area (Å²) >= 11 is 6.08. The van der Waals surface area contributed by atoms with Crippen molar-refractivity contribution in [3.8, 4) is 0 Å². The number of nitrogens with zero attached hydrogens (tertiary/aromatic N) is 3. The number of piperazine rings is 1. The van der Waals surface area contributed by atoms with E-state index in [0.29, 0.717) is 42.6 Å². The molecule has 2 amide bonds. The molecule has 136 valence electrons. The monoisotopic (exact) mass is 374 g/mol. The third-order valence-electron chi connectivity index (χ3n) is 4.41. The number of para-hydroxylation sites is 2. The van der Waals surface area contributed by atoms with Crippen LogP contribution >= 0.6 is 11.6 Å². The Bertz CT molecular complexity index is 835. The van der Waals surface area contributed by atoms with E-state index in [2.05, 4.69) is 5.32 Å². The molecule has 2 aromatic carbocycles. The molecule has 0 unspecified atom stereocenters. The van der Waals surface area contributed by atoms with Gasteiger partial charge in [0.15, 0.2) is 0 Å². The molecule has 1 fully saturated rings. The van der Waals surface area contributed by atoms with Crippen LogP contribution in [0.1, 0.15) is 5.56 Å². The van der Waals surface area contributed by atoms with Crippen molar-refractivity contribution in [2.75, 3.05) is 36.4 Å². The topological polar surface area (TPSA) is 78.7 Å². The quantitative estimate of drug-likeness (QED) is 0.652. The zero-order chi connectivity index (χ0) is 18.7. The molecule has 1 aliphatic heterocycles. The van der Waals surface area contributed by atoms with Gasteiger partial charge in [0.2, 0.25) is 0 Å². The summed E-state index contributed by atoms with van der Waals surface area (Å²) in [5.41, 5.74) is 2.26. The summed E-state index contributed by atoms with van der Waals surface area (Å²) in [5.74, 6) is 0. The maximum absolute atomic E-state index is 12.4. The Morgan fingerprint density at radius 1 is 1.15 bits per heavy atom. The molecule has 8 heteroatoms. The average molecular weight is 375 g/mol. The van der Waals surface area contributed by atoms with Gasteiger partial charge in [-0.3, -0.25) is 10.1 Å². The van der Waals surface area contributed by atoms with Gasteiger partial charge in [-0.05, 0) is 30.7 Å². The molecule has 0 atom stereocenters. The van der Waals surface area contributed by atoms with Crippen molar-refractivity contribution in [2.24, 2.45) is 0 Å². The van der Waals surface area contributed by atoms with Crippen molar-refractivity contribution in [1.82, 2.24) is 4.90 Å². The second kappa shape index (κ2) is 7.61. The van der Waals surface area contributed by atoms with Gasteiger partial charge in [-0.2, -0.15) is 0 Å². The lowest BCUT2D eigenvalue weighted by atomic mass is 10.2. The maximum Gasteiger partial charge on any atom is 0.321 e. The van der Waals surface area contributed by atoms with Gasteiger partial charge in [-0.15, -0.1) is 0 Å². The first-order chi connectivity index (χ1) is 12.5. The highest BCUT2D eigenvalue weighted by Gasteiger charge is 2.25. The average Bonchev–Trinajstić information content (AvgIpc) is 2.65. The van der Waals surface area contributed by atoms with Gasteiger partial charge >= 0.3 is 6.03 Å². The van der Waals surface area contributed by atoms with Crippen LogP contribution < -0.4 is 10.2 Å². The van der Waals surface area contributed by atoms with Crippen LogP contribution in [0.15, 0.2) is 42.5 Å². The highest BCUT2D eigenvalue weighted by molar-refractivity contribution is 6.31. The van der Waals surface area contributed by atoms with E-state index in [-0.39, 0.29) is 16.6 Å². The van der Waals surface area contributed by atoms with Gasteiger partial charge in [0.1, 0.15) is 5.69 Å². The van der Waals surface area contributed by atoms with Crippen LogP contribution in [0.5, 0.6) is 0 Å². The summed E-state index contributed by atoms with van der Waals surface area (Å²) in [6.07, 6.45) is 0. The Morgan fingerprint density at radius 2 is 1.85 bits per heavy atom. The Balaban J connectivity index is 1.62. The lowest BCUT2D eigenvalue weighted by molar-refractivity contribution is -0.384. The van der Waals surface area contributed by atoms with E-state index >= 15 is 0 Å². The number of rotatable bonds is 3. The van der Waals surface area contributed by atoms with Crippen molar-refractivity contribution >= 4 is 34.7 Å². The van der Waals surface area contributed by atoms with E-state index in [4.69, 9.17) is 11.6 Å². The number of carbonyl (C=O) groups excluding carboxylic acids is 1. The number of nitrogens with one attached hydrogen (secondary N) is 1. The number of nitro groups is 1. The number of hydrogen-bond donors (Lipinski definition) is 1. The lowest BCUT2D eigenvalue weighted by Crippen LogP contribution is -2.50. The molecule has 0 saturated carbocycles. The summed E-state index contributed by atoms with van der Waals surface area (Å²) in [4.78, 5) is 26.9. The molecule has 2 aromatic rings. The lowest BCUT2D eigenvalue weighted by Gasteiger charge is -2.35. The van der Waals surface area contributed by atoms with Crippen LogP contribution in [0.2, 0.25) is 5.02 Å². The number of nitro benzene ring substituents is 1. The Labute approximate surface area is 156 Å². The minimum Gasteiger partial charge on any atom is -0.362 e. The van der Waals surface area contributed by atoms with E-state index in [9.17, 15) is 14.9 Å². The predicted molar refractivity (Wildman–Crippen MR) is 102 cm³/mol. The predicted octanol–water partition coefficient (Wildman–Crippen LogP) is 3.91. The molecular weight excluding hydrogens is 356 g/mol. The number of carbonyl (C=O) groups is 1. The van der Waals surface area contributed by atoms with Gasteiger partial charge in [-0.25, -0.2) is 4.79 Å². The normalized spacial score (nSPS) is 14.2. The van der Waals surface area contributed by atoms with Crippen LogP contribution in [-0.4, -0.2) is 42.0 Å². The second-order valence-electron chi connectivity index (χ2n) is 6.11. The van der Waals surface area contributed by atoms with Crippen LogP contribution in [0, 0.1) is 17.0 Å². The second-order valence-corrected chi connectivity index (χ2v) is 6.52. The minimum absolute atomic E-state index is 0.0831. The van der Waals surface area contributed by atoms with Crippen LogP contribution in [0.3, 0.4) is 0 Å². The standard InChI is InChI=1S/C18H19ClN4O3/c1-13-6-7-14(12-15(13)19)20-18(24)22-10-8-21(9-11-22)16-4-2-3-5-17(16)23(25)26/h2-7,12H,8-11H2,1H3,(H,20,24). The number of urea groups is 1. The van der Waals surface area contributed by atoms with Gasteiger partial charge in [0.05, 0.1) is 4.92 Å². The molecule has 26 heavy (non-hydrogen) atoms. The van der Waals surface area contributed by atoms with Crippen molar-refractivity contribution in [2.45, 2.75) is 6.92 Å². The van der Waals surface area contributed by atoms with E-state index in [1.807, 2.05) is 24.0 Å². The summed E-state index contributed by atoms with van der Waals surface area (Å²) < 4.78 is 0. The van der Waals surface area contributed by atoms with Crippen LogP contribution in [0.25, 0.3) is 0 Å². The fourth-order valence-corrected chi connectivity index (χ4v) is 3.09. The van der Waals surface area contributed by atoms with Crippen molar-refractivity contribution in [3.05, 3.63) is 63.2 Å². The number of aryl methyl sites for hydroxylation is 1. The SMILES string of the molecule is Cc1ccc(NC(=O)N2CCN(c3ccccc3[N+](=O)[O-])CC2)cc1Cl. The first kappa shape index (κ1) is 18.0. The van der Waals surface area contributed by atoms with E-state index in [0.717, 1.165) is 5.56 Å². The molecule has 3 rings (SSSR count). The highest BCUT2D eigenvalue weighted by Crippen LogP contribution is 2.28. The molecule has 1 saturated heterocycles. The molecule has 1 N–H and O–H groups in total. The summed E-state index contributed by atoms with van der Waals surface area (Å²) in [6, 6.07) is 11.8. The third-order valence-corrected chi connectivity index (χ3v) is 4.82. The third kappa shape index (κ3) is 3.88. The highest BCUT2D eigenvalue weighted by atomic mass is 35.5. The number of halogens is 1. The zero-order valence-corrected chi connectivity index (χ0v) is 15.1. The Morgan fingerprint density at radius 3 is 2.50 bits per heavy atom. The number of hydrogen-bond acceptors (Lipinski definition) is 4. The van der Waals surface area contributed by atoms with E-state index in [1.54, 1.807) is 29.2 Å². The zero-order valence-electron chi connectivity index (χ0n) is 14.3. The Kier molecular flexibility index (Phi) is 5.27. The van der Waals surface area contributed by atoms with Gasteiger partial charge in [0, 0.05) is 43.0 Å².